The molecule has 4 nitrogen and oxygen atoms in total. The van der Waals surface area contributed by atoms with E-state index in [0.29, 0.717) is 6.04 Å². The van der Waals surface area contributed by atoms with Crippen LogP contribution in [0.5, 0.6) is 0 Å². The van der Waals surface area contributed by atoms with Gasteiger partial charge in [-0.3, -0.25) is 4.68 Å². The SMILES string of the molecule is CCC1CN(c2cn(C)nc2C)CCCN1. The fourth-order valence-corrected chi connectivity index (χ4v) is 2.39. The molecule has 1 unspecified atom stereocenters. The van der Waals surface area contributed by atoms with Crippen LogP contribution in [0.2, 0.25) is 0 Å². The summed E-state index contributed by atoms with van der Waals surface area (Å²) in [5, 5.41) is 8.01. The van der Waals surface area contributed by atoms with Crippen LogP contribution in [0.4, 0.5) is 5.69 Å². The van der Waals surface area contributed by atoms with E-state index < -0.39 is 0 Å². The Morgan fingerprint density at radius 1 is 1.56 bits per heavy atom. The second kappa shape index (κ2) is 4.87. The molecule has 1 aliphatic heterocycles. The van der Waals surface area contributed by atoms with E-state index in [1.807, 2.05) is 11.7 Å². The molecule has 2 heterocycles. The van der Waals surface area contributed by atoms with Gasteiger partial charge in [0.25, 0.3) is 0 Å². The predicted octanol–water partition coefficient (Wildman–Crippen LogP) is 1.31. The third-order valence-electron chi connectivity index (χ3n) is 3.30. The number of anilines is 1. The normalized spacial score (nSPS) is 22.2. The van der Waals surface area contributed by atoms with Crippen LogP contribution >= 0.6 is 0 Å². The topological polar surface area (TPSA) is 33.1 Å². The highest BCUT2D eigenvalue weighted by atomic mass is 15.3. The molecule has 16 heavy (non-hydrogen) atoms. The average Bonchev–Trinajstić information content (AvgIpc) is 2.51. The third kappa shape index (κ3) is 2.38. The van der Waals surface area contributed by atoms with E-state index in [1.54, 1.807) is 0 Å². The first-order chi connectivity index (χ1) is 7.70. The van der Waals surface area contributed by atoms with Crippen LogP contribution in [0.3, 0.4) is 0 Å². The van der Waals surface area contributed by atoms with Gasteiger partial charge in [-0.15, -0.1) is 0 Å². The van der Waals surface area contributed by atoms with E-state index in [2.05, 4.69) is 35.4 Å². The Labute approximate surface area is 97.6 Å². The van der Waals surface area contributed by atoms with Crippen molar-refractivity contribution in [1.29, 1.82) is 0 Å². The molecule has 1 aromatic heterocycles. The molecule has 0 radical (unpaired) electrons. The molecule has 1 atom stereocenters. The van der Waals surface area contributed by atoms with Crippen molar-refractivity contribution >= 4 is 5.69 Å². The van der Waals surface area contributed by atoms with Gasteiger partial charge in [-0.2, -0.15) is 5.10 Å². The Bertz CT molecular complexity index is 345. The van der Waals surface area contributed by atoms with Gasteiger partial charge in [-0.1, -0.05) is 6.92 Å². The number of nitrogens with one attached hydrogen (secondary N) is 1. The zero-order valence-corrected chi connectivity index (χ0v) is 10.5. The lowest BCUT2D eigenvalue weighted by Crippen LogP contribution is -2.37. The maximum atomic E-state index is 4.42. The third-order valence-corrected chi connectivity index (χ3v) is 3.30. The quantitative estimate of drug-likeness (QED) is 0.819. The molecule has 2 rings (SSSR count). The highest BCUT2D eigenvalue weighted by Crippen LogP contribution is 2.20. The Hall–Kier alpha value is -1.03. The summed E-state index contributed by atoms with van der Waals surface area (Å²) in [5.41, 5.74) is 2.43. The lowest BCUT2D eigenvalue weighted by Gasteiger charge is -2.25. The number of hydrogen-bond donors (Lipinski definition) is 1. The van der Waals surface area contributed by atoms with Gasteiger partial charge < -0.3 is 10.2 Å². The summed E-state index contributed by atoms with van der Waals surface area (Å²) in [5.74, 6) is 0. The molecule has 1 saturated heterocycles. The van der Waals surface area contributed by atoms with Crippen molar-refractivity contribution < 1.29 is 0 Å². The Morgan fingerprint density at radius 2 is 2.38 bits per heavy atom. The molecule has 1 N–H and O–H groups in total. The number of rotatable bonds is 2. The van der Waals surface area contributed by atoms with E-state index in [0.717, 1.165) is 25.3 Å². The maximum absolute atomic E-state index is 4.42. The van der Waals surface area contributed by atoms with Crippen molar-refractivity contribution in [3.8, 4) is 0 Å². The maximum Gasteiger partial charge on any atom is 0.0827 e. The minimum Gasteiger partial charge on any atom is -0.367 e. The van der Waals surface area contributed by atoms with Crippen LogP contribution in [0, 0.1) is 6.92 Å². The summed E-state index contributed by atoms with van der Waals surface area (Å²) in [6, 6.07) is 0.613. The van der Waals surface area contributed by atoms with Gasteiger partial charge in [-0.05, 0) is 26.3 Å². The van der Waals surface area contributed by atoms with Crippen LogP contribution in [0.1, 0.15) is 25.5 Å². The predicted molar refractivity (Wildman–Crippen MR) is 66.9 cm³/mol. The van der Waals surface area contributed by atoms with Crippen molar-refractivity contribution in [3.63, 3.8) is 0 Å². The number of aryl methyl sites for hydroxylation is 2. The van der Waals surface area contributed by atoms with E-state index in [4.69, 9.17) is 0 Å². The summed E-state index contributed by atoms with van der Waals surface area (Å²) < 4.78 is 1.91. The standard InChI is InChI=1S/C12H22N4/c1-4-11-8-16(7-5-6-13-11)12-9-15(3)14-10(12)2/h9,11,13H,4-8H2,1-3H3. The van der Waals surface area contributed by atoms with Crippen LogP contribution in [0.15, 0.2) is 6.20 Å². The van der Waals surface area contributed by atoms with Gasteiger partial charge >= 0.3 is 0 Å². The van der Waals surface area contributed by atoms with Crippen LogP contribution in [0.25, 0.3) is 0 Å². The summed E-state index contributed by atoms with van der Waals surface area (Å²) in [6.07, 6.45) is 4.54. The Balaban J connectivity index is 2.15. The molecular weight excluding hydrogens is 200 g/mol. The smallest absolute Gasteiger partial charge is 0.0827 e. The molecule has 0 aromatic carbocycles. The molecule has 0 saturated carbocycles. The van der Waals surface area contributed by atoms with Crippen LogP contribution in [-0.4, -0.2) is 35.5 Å². The number of aromatic nitrogens is 2. The minimum atomic E-state index is 0.613. The van der Waals surface area contributed by atoms with Crippen LogP contribution < -0.4 is 10.2 Å². The first-order valence-electron chi connectivity index (χ1n) is 6.19. The van der Waals surface area contributed by atoms with E-state index in [-0.39, 0.29) is 0 Å². The van der Waals surface area contributed by atoms with Gasteiger partial charge in [0.1, 0.15) is 0 Å². The summed E-state index contributed by atoms with van der Waals surface area (Å²) in [6.45, 7) is 7.71. The molecule has 0 spiro atoms. The summed E-state index contributed by atoms with van der Waals surface area (Å²) >= 11 is 0. The molecule has 90 valence electrons. The molecule has 1 aliphatic rings. The molecule has 1 aromatic rings. The second-order valence-electron chi connectivity index (χ2n) is 4.63. The summed E-state index contributed by atoms with van der Waals surface area (Å²) in [7, 11) is 1.99. The van der Waals surface area contributed by atoms with E-state index in [9.17, 15) is 0 Å². The fourth-order valence-electron chi connectivity index (χ4n) is 2.39. The Morgan fingerprint density at radius 3 is 3.00 bits per heavy atom. The van der Waals surface area contributed by atoms with Crippen molar-refractivity contribution in [1.82, 2.24) is 15.1 Å². The van der Waals surface area contributed by atoms with Crippen molar-refractivity contribution in [3.05, 3.63) is 11.9 Å². The number of nitrogens with zero attached hydrogens (tertiary/aromatic N) is 3. The zero-order valence-electron chi connectivity index (χ0n) is 10.5. The van der Waals surface area contributed by atoms with Gasteiger partial charge in [0.15, 0.2) is 0 Å². The van der Waals surface area contributed by atoms with E-state index >= 15 is 0 Å². The molecule has 0 bridgehead atoms. The summed E-state index contributed by atoms with van der Waals surface area (Å²) in [4.78, 5) is 2.47. The first kappa shape index (κ1) is 11.5. The minimum absolute atomic E-state index is 0.613. The lowest BCUT2D eigenvalue weighted by atomic mass is 10.2. The molecule has 0 aliphatic carbocycles. The highest BCUT2D eigenvalue weighted by molar-refractivity contribution is 5.49. The van der Waals surface area contributed by atoms with Gasteiger partial charge in [0, 0.05) is 32.4 Å². The van der Waals surface area contributed by atoms with Crippen molar-refractivity contribution in [2.45, 2.75) is 32.7 Å². The highest BCUT2D eigenvalue weighted by Gasteiger charge is 2.19. The Kier molecular flexibility index (Phi) is 3.49. The molecule has 4 heteroatoms. The van der Waals surface area contributed by atoms with Gasteiger partial charge in [0.2, 0.25) is 0 Å². The largest absolute Gasteiger partial charge is 0.367 e. The van der Waals surface area contributed by atoms with Crippen molar-refractivity contribution in [2.24, 2.45) is 7.05 Å². The van der Waals surface area contributed by atoms with Gasteiger partial charge in [0.05, 0.1) is 11.4 Å². The second-order valence-corrected chi connectivity index (χ2v) is 4.63. The van der Waals surface area contributed by atoms with Gasteiger partial charge in [-0.25, -0.2) is 0 Å². The zero-order chi connectivity index (χ0) is 11.5. The van der Waals surface area contributed by atoms with Crippen LogP contribution in [-0.2, 0) is 7.05 Å². The average molecular weight is 222 g/mol. The molecule has 0 amide bonds. The molecule has 1 fully saturated rings. The van der Waals surface area contributed by atoms with Crippen molar-refractivity contribution in [2.75, 3.05) is 24.5 Å². The fraction of sp³-hybridized carbons (Fsp3) is 0.750. The number of hydrogen-bond acceptors (Lipinski definition) is 3. The lowest BCUT2D eigenvalue weighted by molar-refractivity contribution is 0.528. The van der Waals surface area contributed by atoms with E-state index in [1.165, 1.54) is 18.5 Å². The first-order valence-corrected chi connectivity index (χ1v) is 6.19. The molecular formula is C12H22N4. The monoisotopic (exact) mass is 222 g/mol.